The van der Waals surface area contributed by atoms with Gasteiger partial charge in [0.25, 0.3) is 0 Å². The Morgan fingerprint density at radius 1 is 1.50 bits per heavy atom. The van der Waals surface area contributed by atoms with E-state index in [0.717, 1.165) is 25.4 Å². The van der Waals surface area contributed by atoms with Gasteiger partial charge in [-0.3, -0.25) is 4.90 Å². The summed E-state index contributed by atoms with van der Waals surface area (Å²) in [5, 5.41) is 3.68. The van der Waals surface area contributed by atoms with Crippen molar-refractivity contribution in [3.8, 4) is 0 Å². The maximum absolute atomic E-state index is 11.2. The average molecular weight is 224 g/mol. The Labute approximate surface area is 94.3 Å². The van der Waals surface area contributed by atoms with Gasteiger partial charge in [0.05, 0.1) is 13.7 Å². The molecule has 2 heterocycles. The molecule has 0 unspecified atom stereocenters. The van der Waals surface area contributed by atoms with Gasteiger partial charge in [0.15, 0.2) is 11.5 Å². The van der Waals surface area contributed by atoms with Crippen molar-refractivity contribution >= 4 is 5.97 Å². The molecule has 1 aliphatic rings. The van der Waals surface area contributed by atoms with Crippen LogP contribution < -0.4 is 0 Å². The molecule has 88 valence electrons. The van der Waals surface area contributed by atoms with Gasteiger partial charge in [-0.1, -0.05) is 11.6 Å². The summed E-state index contributed by atoms with van der Waals surface area (Å²) in [7, 11) is 1.33. The molecule has 16 heavy (non-hydrogen) atoms. The first-order chi connectivity index (χ1) is 7.79. The van der Waals surface area contributed by atoms with E-state index < -0.39 is 5.97 Å². The molecule has 0 bridgehead atoms. The van der Waals surface area contributed by atoms with Crippen LogP contribution in [0.5, 0.6) is 0 Å². The van der Waals surface area contributed by atoms with E-state index in [4.69, 9.17) is 4.52 Å². The van der Waals surface area contributed by atoms with Crippen molar-refractivity contribution < 1.29 is 14.1 Å². The number of aromatic nitrogens is 1. The number of carbonyl (C=O) groups excluding carboxylic acids is 1. The van der Waals surface area contributed by atoms with E-state index in [0.29, 0.717) is 0 Å². The van der Waals surface area contributed by atoms with Gasteiger partial charge in [0.2, 0.25) is 0 Å². The number of methoxy groups -OCH3 is 1. The number of carbonyl (C=O) groups is 1. The van der Waals surface area contributed by atoms with E-state index in [2.05, 4.69) is 14.8 Å². The van der Waals surface area contributed by atoms with Crippen molar-refractivity contribution in [1.82, 2.24) is 10.1 Å². The molecule has 1 aromatic rings. The van der Waals surface area contributed by atoms with Crippen LogP contribution in [0.3, 0.4) is 0 Å². The van der Waals surface area contributed by atoms with E-state index in [-0.39, 0.29) is 5.69 Å². The molecule has 0 radical (unpaired) electrons. The summed E-state index contributed by atoms with van der Waals surface area (Å²) in [5.41, 5.74) is 0.245. The molecule has 1 fully saturated rings. The standard InChI is InChI=1S/C11H16N2O3/c1-15-11(14)10-7-9(16-12-10)8-13-5-3-2-4-6-13/h7H,2-6,8H2,1H3. The Bertz CT molecular complexity index is 356. The number of rotatable bonds is 3. The summed E-state index contributed by atoms with van der Waals surface area (Å²) in [6.07, 6.45) is 3.77. The van der Waals surface area contributed by atoms with E-state index in [9.17, 15) is 4.79 Å². The van der Waals surface area contributed by atoms with E-state index >= 15 is 0 Å². The number of likely N-dealkylation sites (tertiary alicyclic amines) is 1. The minimum absolute atomic E-state index is 0.245. The fraction of sp³-hybridized carbons (Fsp3) is 0.636. The first-order valence-electron chi connectivity index (χ1n) is 5.56. The van der Waals surface area contributed by atoms with Crippen LogP contribution in [0.1, 0.15) is 35.5 Å². The molecule has 1 aromatic heterocycles. The van der Waals surface area contributed by atoms with Gasteiger partial charge in [-0.15, -0.1) is 0 Å². The van der Waals surface area contributed by atoms with Gasteiger partial charge >= 0.3 is 5.97 Å². The van der Waals surface area contributed by atoms with Crippen LogP contribution in [0, 0.1) is 0 Å². The molecule has 0 aromatic carbocycles. The second kappa shape index (κ2) is 5.12. The van der Waals surface area contributed by atoms with Crippen molar-refractivity contribution in [3.63, 3.8) is 0 Å². The highest BCUT2D eigenvalue weighted by atomic mass is 16.5. The lowest BCUT2D eigenvalue weighted by Gasteiger charge is -2.24. The van der Waals surface area contributed by atoms with Crippen LogP contribution in [0.2, 0.25) is 0 Å². The lowest BCUT2D eigenvalue weighted by molar-refractivity contribution is 0.0589. The molecule has 5 nitrogen and oxygen atoms in total. The first kappa shape index (κ1) is 11.1. The highest BCUT2D eigenvalue weighted by Crippen LogP contribution is 2.13. The van der Waals surface area contributed by atoms with Crippen LogP contribution in [0.15, 0.2) is 10.6 Å². The number of hydrogen-bond acceptors (Lipinski definition) is 5. The third kappa shape index (κ3) is 2.61. The predicted octanol–water partition coefficient (Wildman–Crippen LogP) is 1.45. The molecule has 5 heteroatoms. The number of esters is 1. The fourth-order valence-electron chi connectivity index (χ4n) is 1.93. The molecule has 0 aliphatic carbocycles. The van der Waals surface area contributed by atoms with Crippen molar-refractivity contribution in [1.29, 1.82) is 0 Å². The molecular weight excluding hydrogens is 208 g/mol. The molecule has 0 amide bonds. The lowest BCUT2D eigenvalue weighted by Crippen LogP contribution is -2.28. The van der Waals surface area contributed by atoms with Gasteiger partial charge in [-0.25, -0.2) is 4.79 Å². The molecular formula is C11H16N2O3. The zero-order valence-electron chi connectivity index (χ0n) is 9.44. The highest BCUT2D eigenvalue weighted by Gasteiger charge is 2.16. The first-order valence-corrected chi connectivity index (χ1v) is 5.56. The zero-order valence-corrected chi connectivity index (χ0v) is 9.44. The number of nitrogens with zero attached hydrogens (tertiary/aromatic N) is 2. The van der Waals surface area contributed by atoms with E-state index in [1.165, 1.54) is 26.4 Å². The number of hydrogen-bond donors (Lipinski definition) is 0. The van der Waals surface area contributed by atoms with Crippen molar-refractivity contribution in [2.24, 2.45) is 0 Å². The number of piperidine rings is 1. The van der Waals surface area contributed by atoms with Gasteiger partial charge in [-0.05, 0) is 25.9 Å². The van der Waals surface area contributed by atoms with Gasteiger partial charge < -0.3 is 9.26 Å². The van der Waals surface area contributed by atoms with Gasteiger partial charge in [0, 0.05) is 6.07 Å². The Balaban J connectivity index is 1.94. The predicted molar refractivity (Wildman–Crippen MR) is 57.0 cm³/mol. The van der Waals surface area contributed by atoms with Crippen LogP contribution in [-0.2, 0) is 11.3 Å². The second-order valence-electron chi connectivity index (χ2n) is 4.01. The normalized spacial score (nSPS) is 17.3. The van der Waals surface area contributed by atoms with Crippen LogP contribution >= 0.6 is 0 Å². The third-order valence-corrected chi connectivity index (χ3v) is 2.78. The third-order valence-electron chi connectivity index (χ3n) is 2.78. The fourth-order valence-corrected chi connectivity index (χ4v) is 1.93. The second-order valence-corrected chi connectivity index (χ2v) is 4.01. The SMILES string of the molecule is COC(=O)c1cc(CN2CCCCC2)on1. The molecule has 0 atom stereocenters. The summed E-state index contributed by atoms with van der Waals surface area (Å²) in [6.45, 7) is 2.91. The van der Waals surface area contributed by atoms with Gasteiger partial charge in [-0.2, -0.15) is 0 Å². The summed E-state index contributed by atoms with van der Waals surface area (Å²) >= 11 is 0. The molecule has 0 spiro atoms. The molecule has 1 aliphatic heterocycles. The van der Waals surface area contributed by atoms with E-state index in [1.807, 2.05) is 0 Å². The van der Waals surface area contributed by atoms with Crippen LogP contribution in [-0.4, -0.2) is 36.2 Å². The molecule has 0 N–H and O–H groups in total. The molecule has 0 saturated carbocycles. The van der Waals surface area contributed by atoms with Crippen molar-refractivity contribution in [2.45, 2.75) is 25.8 Å². The highest BCUT2D eigenvalue weighted by molar-refractivity contribution is 5.86. The van der Waals surface area contributed by atoms with E-state index in [1.54, 1.807) is 6.07 Å². The monoisotopic (exact) mass is 224 g/mol. The maximum atomic E-state index is 11.2. The quantitative estimate of drug-likeness (QED) is 0.727. The average Bonchev–Trinajstić information content (AvgIpc) is 2.78. The summed E-state index contributed by atoms with van der Waals surface area (Å²) in [6, 6.07) is 1.65. The Kier molecular flexibility index (Phi) is 3.56. The Hall–Kier alpha value is -1.36. The Morgan fingerprint density at radius 3 is 2.94 bits per heavy atom. The van der Waals surface area contributed by atoms with Crippen molar-refractivity contribution in [2.75, 3.05) is 20.2 Å². The zero-order chi connectivity index (χ0) is 11.4. The minimum atomic E-state index is -0.450. The van der Waals surface area contributed by atoms with Crippen LogP contribution in [0.25, 0.3) is 0 Å². The van der Waals surface area contributed by atoms with Crippen molar-refractivity contribution in [3.05, 3.63) is 17.5 Å². The molecule has 1 saturated heterocycles. The maximum Gasteiger partial charge on any atom is 0.360 e. The minimum Gasteiger partial charge on any atom is -0.464 e. The smallest absolute Gasteiger partial charge is 0.360 e. The molecule has 2 rings (SSSR count). The van der Waals surface area contributed by atoms with Gasteiger partial charge in [0.1, 0.15) is 0 Å². The topological polar surface area (TPSA) is 55.6 Å². The summed E-state index contributed by atoms with van der Waals surface area (Å²) < 4.78 is 9.66. The summed E-state index contributed by atoms with van der Waals surface area (Å²) in [5.74, 6) is 0.274. The Morgan fingerprint density at radius 2 is 2.25 bits per heavy atom. The van der Waals surface area contributed by atoms with Crippen LogP contribution in [0.4, 0.5) is 0 Å². The largest absolute Gasteiger partial charge is 0.464 e. The number of ether oxygens (including phenoxy) is 1. The summed E-state index contributed by atoms with van der Waals surface area (Å²) in [4.78, 5) is 13.5. The lowest BCUT2D eigenvalue weighted by atomic mass is 10.1.